The lowest BCUT2D eigenvalue weighted by Gasteiger charge is -2.21. The average molecular weight is 153 g/mol. The summed E-state index contributed by atoms with van der Waals surface area (Å²) in [7, 11) is 0. The van der Waals surface area contributed by atoms with Gasteiger partial charge in [-0.2, -0.15) is 0 Å². The molecule has 0 bridgehead atoms. The van der Waals surface area contributed by atoms with Crippen molar-refractivity contribution in [2.75, 3.05) is 6.54 Å². The van der Waals surface area contributed by atoms with Crippen LogP contribution in [-0.4, -0.2) is 23.4 Å². The molecule has 1 rings (SSSR count). The molecular weight excluding hydrogens is 138 g/mol. The smallest absolute Gasteiger partial charge is 0.246 e. The van der Waals surface area contributed by atoms with Gasteiger partial charge in [0.2, 0.25) is 5.91 Å². The first kappa shape index (κ1) is 8.31. The molecule has 62 valence electrons. The Labute approximate surface area is 67.9 Å². The minimum absolute atomic E-state index is 0.0712. The Morgan fingerprint density at radius 2 is 2.27 bits per heavy atom. The van der Waals surface area contributed by atoms with E-state index in [9.17, 15) is 4.79 Å². The molecule has 2 atom stereocenters. The molecule has 1 amide bonds. The molecule has 1 aliphatic rings. The highest BCUT2D eigenvalue weighted by Gasteiger charge is 2.29. The summed E-state index contributed by atoms with van der Waals surface area (Å²) in [5.41, 5.74) is 0. The van der Waals surface area contributed by atoms with E-state index < -0.39 is 0 Å². The summed E-state index contributed by atoms with van der Waals surface area (Å²) < 4.78 is 0. The zero-order chi connectivity index (χ0) is 8.43. The quantitative estimate of drug-likeness (QED) is 0.522. The fraction of sp³-hybridized carbons (Fsp3) is 0.667. The number of hydrogen-bond donors (Lipinski definition) is 0. The van der Waals surface area contributed by atoms with Crippen molar-refractivity contribution < 1.29 is 4.79 Å². The van der Waals surface area contributed by atoms with Gasteiger partial charge in [-0.25, -0.2) is 0 Å². The predicted molar refractivity (Wildman–Crippen MR) is 45.2 cm³/mol. The second kappa shape index (κ2) is 3.07. The molecule has 2 heteroatoms. The Hall–Kier alpha value is -0.790. The van der Waals surface area contributed by atoms with E-state index in [1.807, 2.05) is 4.90 Å². The van der Waals surface area contributed by atoms with Crippen molar-refractivity contribution in [1.82, 2.24) is 4.90 Å². The molecule has 2 nitrogen and oxygen atoms in total. The van der Waals surface area contributed by atoms with Crippen LogP contribution in [0, 0.1) is 5.92 Å². The van der Waals surface area contributed by atoms with E-state index in [0.29, 0.717) is 12.0 Å². The molecule has 0 aromatic carbocycles. The molecule has 2 unspecified atom stereocenters. The Balaban J connectivity index is 2.61. The Kier molecular flexibility index (Phi) is 2.32. The van der Waals surface area contributed by atoms with Crippen LogP contribution in [0.4, 0.5) is 0 Å². The number of carbonyl (C=O) groups is 1. The van der Waals surface area contributed by atoms with Crippen LogP contribution in [0.25, 0.3) is 0 Å². The zero-order valence-electron chi connectivity index (χ0n) is 7.21. The molecule has 11 heavy (non-hydrogen) atoms. The van der Waals surface area contributed by atoms with Gasteiger partial charge in [0.25, 0.3) is 0 Å². The second-order valence-electron chi connectivity index (χ2n) is 3.24. The van der Waals surface area contributed by atoms with E-state index >= 15 is 0 Å². The van der Waals surface area contributed by atoms with E-state index in [1.165, 1.54) is 6.08 Å². The molecule has 0 aromatic rings. The van der Waals surface area contributed by atoms with E-state index in [2.05, 4.69) is 20.4 Å². The first-order valence-electron chi connectivity index (χ1n) is 4.10. The third-order valence-corrected chi connectivity index (χ3v) is 2.60. The van der Waals surface area contributed by atoms with Crippen molar-refractivity contribution in [3.63, 3.8) is 0 Å². The lowest BCUT2D eigenvalue weighted by atomic mass is 10.1. The minimum Gasteiger partial charge on any atom is -0.336 e. The highest BCUT2D eigenvalue weighted by molar-refractivity contribution is 5.87. The molecule has 1 heterocycles. The summed E-state index contributed by atoms with van der Waals surface area (Å²) in [6, 6.07) is 0.389. The van der Waals surface area contributed by atoms with Crippen LogP contribution in [0.2, 0.25) is 0 Å². The Bertz CT molecular complexity index is 176. The molecule has 0 radical (unpaired) electrons. The van der Waals surface area contributed by atoms with Crippen LogP contribution in [0.5, 0.6) is 0 Å². The van der Waals surface area contributed by atoms with Gasteiger partial charge in [0.15, 0.2) is 0 Å². The topological polar surface area (TPSA) is 20.3 Å². The van der Waals surface area contributed by atoms with E-state index in [4.69, 9.17) is 0 Å². The van der Waals surface area contributed by atoms with Gasteiger partial charge in [-0.15, -0.1) is 0 Å². The molecule has 0 N–H and O–H groups in total. The van der Waals surface area contributed by atoms with Crippen LogP contribution in [-0.2, 0) is 4.79 Å². The normalized spacial score (nSPS) is 30.5. The van der Waals surface area contributed by atoms with Crippen molar-refractivity contribution in [2.24, 2.45) is 5.92 Å². The fourth-order valence-corrected chi connectivity index (χ4v) is 1.52. The SMILES string of the molecule is C=CC(=O)N1CCC(C)C1C. The van der Waals surface area contributed by atoms with E-state index in [0.717, 1.165) is 13.0 Å². The molecule has 0 spiro atoms. The number of likely N-dealkylation sites (tertiary alicyclic amines) is 1. The Morgan fingerprint density at radius 3 is 2.64 bits per heavy atom. The van der Waals surface area contributed by atoms with Crippen LogP contribution < -0.4 is 0 Å². The third kappa shape index (κ3) is 1.44. The van der Waals surface area contributed by atoms with Gasteiger partial charge in [-0.3, -0.25) is 4.79 Å². The minimum atomic E-state index is 0.0712. The number of nitrogens with zero attached hydrogens (tertiary/aromatic N) is 1. The van der Waals surface area contributed by atoms with Crippen LogP contribution in [0.1, 0.15) is 20.3 Å². The lowest BCUT2D eigenvalue weighted by molar-refractivity contribution is -0.126. The van der Waals surface area contributed by atoms with Crippen LogP contribution >= 0.6 is 0 Å². The molecule has 0 aliphatic carbocycles. The largest absolute Gasteiger partial charge is 0.336 e. The fourth-order valence-electron chi connectivity index (χ4n) is 1.52. The van der Waals surface area contributed by atoms with Crippen molar-refractivity contribution in [1.29, 1.82) is 0 Å². The van der Waals surface area contributed by atoms with E-state index in [1.54, 1.807) is 0 Å². The maximum Gasteiger partial charge on any atom is 0.246 e. The summed E-state index contributed by atoms with van der Waals surface area (Å²) in [5, 5.41) is 0. The van der Waals surface area contributed by atoms with Gasteiger partial charge in [-0.05, 0) is 25.3 Å². The molecule has 1 aliphatic heterocycles. The maximum atomic E-state index is 11.2. The van der Waals surface area contributed by atoms with Gasteiger partial charge in [-0.1, -0.05) is 13.5 Å². The van der Waals surface area contributed by atoms with Crippen LogP contribution in [0.15, 0.2) is 12.7 Å². The van der Waals surface area contributed by atoms with Gasteiger partial charge in [0.1, 0.15) is 0 Å². The monoisotopic (exact) mass is 153 g/mol. The molecule has 0 aromatic heterocycles. The zero-order valence-corrected chi connectivity index (χ0v) is 7.21. The second-order valence-corrected chi connectivity index (χ2v) is 3.24. The molecule has 1 fully saturated rings. The first-order valence-corrected chi connectivity index (χ1v) is 4.10. The summed E-state index contributed by atoms with van der Waals surface area (Å²) in [4.78, 5) is 13.1. The molecule has 0 saturated carbocycles. The number of amides is 1. The summed E-state index contributed by atoms with van der Waals surface area (Å²) in [5.74, 6) is 0.709. The highest BCUT2D eigenvalue weighted by Crippen LogP contribution is 2.23. The lowest BCUT2D eigenvalue weighted by Crippen LogP contribution is -2.33. The third-order valence-electron chi connectivity index (χ3n) is 2.60. The Morgan fingerprint density at radius 1 is 1.64 bits per heavy atom. The molecule has 1 saturated heterocycles. The van der Waals surface area contributed by atoms with Gasteiger partial charge < -0.3 is 4.90 Å². The number of carbonyl (C=O) groups excluding carboxylic acids is 1. The summed E-state index contributed by atoms with van der Waals surface area (Å²) in [6.07, 6.45) is 2.52. The van der Waals surface area contributed by atoms with Crippen LogP contribution in [0.3, 0.4) is 0 Å². The standard InChI is InChI=1S/C9H15NO/c1-4-9(11)10-6-5-7(2)8(10)3/h4,7-8H,1,5-6H2,2-3H3. The van der Waals surface area contributed by atoms with Gasteiger partial charge >= 0.3 is 0 Å². The first-order chi connectivity index (χ1) is 5.16. The van der Waals surface area contributed by atoms with Crippen molar-refractivity contribution in [3.8, 4) is 0 Å². The van der Waals surface area contributed by atoms with Crippen molar-refractivity contribution >= 4 is 5.91 Å². The highest BCUT2D eigenvalue weighted by atomic mass is 16.2. The van der Waals surface area contributed by atoms with Crippen molar-refractivity contribution in [2.45, 2.75) is 26.3 Å². The summed E-state index contributed by atoms with van der Waals surface area (Å²) in [6.45, 7) is 8.65. The van der Waals surface area contributed by atoms with E-state index in [-0.39, 0.29) is 5.91 Å². The van der Waals surface area contributed by atoms with Crippen molar-refractivity contribution in [3.05, 3.63) is 12.7 Å². The summed E-state index contributed by atoms with van der Waals surface area (Å²) >= 11 is 0. The molecular formula is C9H15NO. The maximum absolute atomic E-state index is 11.2. The average Bonchev–Trinajstić information content (AvgIpc) is 2.32. The predicted octanol–water partition coefficient (Wildman–Crippen LogP) is 1.43. The van der Waals surface area contributed by atoms with Gasteiger partial charge in [0, 0.05) is 12.6 Å². The number of rotatable bonds is 1. The van der Waals surface area contributed by atoms with Gasteiger partial charge in [0.05, 0.1) is 0 Å². The number of hydrogen-bond acceptors (Lipinski definition) is 1.